The summed E-state index contributed by atoms with van der Waals surface area (Å²) in [5, 5.41) is 18.8. The molecule has 2 N–H and O–H groups in total. The van der Waals surface area contributed by atoms with Crippen molar-refractivity contribution in [1.29, 1.82) is 0 Å². The number of aliphatic imine (C=N–C) groups is 2. The number of aromatic hydroxyl groups is 1. The highest BCUT2D eigenvalue weighted by Crippen LogP contribution is 2.23. The molecule has 29 heavy (non-hydrogen) atoms. The van der Waals surface area contributed by atoms with Crippen molar-refractivity contribution in [2.45, 2.75) is 33.3 Å². The Bertz CT molecular complexity index is 917. The molecular weight excluding hydrogens is 376 g/mol. The minimum Gasteiger partial charge on any atom is -0.507 e. The van der Waals surface area contributed by atoms with Crippen LogP contribution in [0.15, 0.2) is 45.7 Å². The van der Waals surface area contributed by atoms with Crippen LogP contribution >= 0.6 is 0 Å². The Labute approximate surface area is 168 Å². The van der Waals surface area contributed by atoms with E-state index in [2.05, 4.69) is 42.8 Å². The number of aryl methyl sites for hydroxylation is 2. The zero-order chi connectivity index (χ0) is 21.6. The molecule has 0 aromatic heterocycles. The highest BCUT2D eigenvalue weighted by atomic mass is 17.1. The molecule has 0 radical (unpaired) electrons. The first-order valence-corrected chi connectivity index (χ1v) is 8.71. The summed E-state index contributed by atoms with van der Waals surface area (Å²) < 4.78 is 4.68. The molecule has 0 saturated carbocycles. The van der Waals surface area contributed by atoms with Crippen molar-refractivity contribution in [2.75, 3.05) is 13.2 Å². The molecular formula is C21H22N2O6. The van der Waals surface area contributed by atoms with E-state index in [9.17, 15) is 14.7 Å². The topological polar surface area (TPSA) is 118 Å². The number of ether oxygens (including phenoxy) is 1. The van der Waals surface area contributed by atoms with Crippen molar-refractivity contribution in [2.24, 2.45) is 9.98 Å². The first-order chi connectivity index (χ1) is 13.9. The summed E-state index contributed by atoms with van der Waals surface area (Å²) in [7, 11) is 0. The van der Waals surface area contributed by atoms with Crippen LogP contribution in [0.25, 0.3) is 0 Å². The van der Waals surface area contributed by atoms with E-state index in [1.54, 1.807) is 32.9 Å². The molecule has 1 amide bonds. The SMILES string of the molecule is CCOC(=O)CN=C=C=CC=C=C=NC(=O)[C@@H](Cc1cc(C)c(O)c(C)c1)OO. The van der Waals surface area contributed by atoms with Gasteiger partial charge < -0.3 is 9.84 Å². The lowest BCUT2D eigenvalue weighted by Gasteiger charge is -2.11. The molecule has 0 aliphatic heterocycles. The Morgan fingerprint density at radius 1 is 1.17 bits per heavy atom. The van der Waals surface area contributed by atoms with Crippen LogP contribution in [0, 0.1) is 13.8 Å². The second kappa shape index (κ2) is 12.8. The van der Waals surface area contributed by atoms with Crippen LogP contribution in [-0.2, 0) is 25.6 Å². The van der Waals surface area contributed by atoms with Crippen LogP contribution < -0.4 is 0 Å². The van der Waals surface area contributed by atoms with Gasteiger partial charge in [0.2, 0.25) is 0 Å². The molecule has 1 rings (SSSR count). The monoisotopic (exact) mass is 398 g/mol. The largest absolute Gasteiger partial charge is 0.507 e. The third kappa shape index (κ3) is 8.85. The van der Waals surface area contributed by atoms with Crippen molar-refractivity contribution in [3.8, 4) is 5.75 Å². The Morgan fingerprint density at radius 3 is 2.38 bits per heavy atom. The Morgan fingerprint density at radius 2 is 1.79 bits per heavy atom. The molecule has 1 atom stereocenters. The van der Waals surface area contributed by atoms with Crippen LogP contribution in [0.4, 0.5) is 0 Å². The van der Waals surface area contributed by atoms with Gasteiger partial charge in [-0.2, -0.15) is 4.99 Å². The number of phenolic OH excluding ortho intramolecular Hbond substituents is 1. The number of allylic oxidation sites excluding steroid dienone is 2. The van der Waals surface area contributed by atoms with Crippen molar-refractivity contribution >= 4 is 23.6 Å². The predicted octanol–water partition coefficient (Wildman–Crippen LogP) is 2.26. The van der Waals surface area contributed by atoms with Crippen LogP contribution in [0.3, 0.4) is 0 Å². The maximum atomic E-state index is 12.0. The summed E-state index contributed by atoms with van der Waals surface area (Å²) in [5.74, 6) is 3.65. The maximum absolute atomic E-state index is 12.0. The average molecular weight is 398 g/mol. The molecule has 0 unspecified atom stereocenters. The summed E-state index contributed by atoms with van der Waals surface area (Å²) in [6.07, 6.45) is 1.60. The number of phenols is 1. The fraction of sp³-hybridized carbons (Fsp3) is 0.333. The van der Waals surface area contributed by atoms with Crippen LogP contribution in [0.5, 0.6) is 5.75 Å². The molecule has 152 valence electrons. The van der Waals surface area contributed by atoms with Gasteiger partial charge in [0.05, 0.1) is 6.61 Å². The van der Waals surface area contributed by atoms with Crippen molar-refractivity contribution in [3.05, 3.63) is 52.4 Å². The number of hydrogen-bond donors (Lipinski definition) is 2. The molecule has 1 aromatic carbocycles. The number of carbonyl (C=O) groups excluding carboxylic acids is 2. The van der Waals surface area contributed by atoms with E-state index in [1.807, 2.05) is 0 Å². The van der Waals surface area contributed by atoms with Gasteiger partial charge in [0, 0.05) is 18.2 Å². The van der Waals surface area contributed by atoms with Crippen LogP contribution in [-0.4, -0.2) is 53.2 Å². The maximum Gasteiger partial charge on any atom is 0.328 e. The quantitative estimate of drug-likeness (QED) is 0.173. The van der Waals surface area contributed by atoms with E-state index in [1.165, 1.54) is 12.2 Å². The van der Waals surface area contributed by atoms with Gasteiger partial charge >= 0.3 is 5.97 Å². The van der Waals surface area contributed by atoms with Gasteiger partial charge in [-0.3, -0.25) is 14.8 Å². The molecule has 0 saturated heterocycles. The van der Waals surface area contributed by atoms with Crippen LogP contribution in [0.1, 0.15) is 23.6 Å². The number of benzene rings is 1. The lowest BCUT2D eigenvalue weighted by Crippen LogP contribution is -2.24. The highest BCUT2D eigenvalue weighted by molar-refractivity contribution is 5.87. The lowest BCUT2D eigenvalue weighted by atomic mass is 10.0. The summed E-state index contributed by atoms with van der Waals surface area (Å²) in [4.78, 5) is 34.4. The molecule has 0 aliphatic carbocycles. The molecule has 0 fully saturated rings. The van der Waals surface area contributed by atoms with Crippen molar-refractivity contribution in [1.82, 2.24) is 0 Å². The number of nitrogens with zero attached hydrogens (tertiary/aromatic N) is 2. The third-order valence-corrected chi connectivity index (χ3v) is 3.51. The van der Waals surface area contributed by atoms with Gasteiger partial charge in [-0.05, 0) is 61.1 Å². The van der Waals surface area contributed by atoms with E-state index in [-0.39, 0.29) is 25.3 Å². The lowest BCUT2D eigenvalue weighted by molar-refractivity contribution is -0.270. The summed E-state index contributed by atoms with van der Waals surface area (Å²) in [6, 6.07) is 3.39. The number of amides is 1. The van der Waals surface area contributed by atoms with Gasteiger partial charge in [0.25, 0.3) is 5.91 Å². The van der Waals surface area contributed by atoms with Gasteiger partial charge in [-0.1, -0.05) is 12.1 Å². The number of rotatable bonds is 8. The normalized spacial score (nSPS) is 10.3. The molecule has 8 heteroatoms. The summed E-state index contributed by atoms with van der Waals surface area (Å²) in [6.45, 7) is 5.31. The molecule has 1 aromatic rings. The Hall–Kier alpha value is -3.46. The van der Waals surface area contributed by atoms with Gasteiger partial charge in [-0.25, -0.2) is 9.88 Å². The van der Waals surface area contributed by atoms with E-state index in [0.29, 0.717) is 16.7 Å². The Kier molecular flexibility index (Phi) is 10.4. The minimum absolute atomic E-state index is 0.0752. The predicted molar refractivity (Wildman–Crippen MR) is 106 cm³/mol. The molecule has 0 spiro atoms. The highest BCUT2D eigenvalue weighted by Gasteiger charge is 2.20. The molecule has 0 aliphatic rings. The minimum atomic E-state index is -1.21. The second-order valence-corrected chi connectivity index (χ2v) is 5.79. The van der Waals surface area contributed by atoms with E-state index >= 15 is 0 Å². The summed E-state index contributed by atoms with van der Waals surface area (Å²) in [5.41, 5.74) is 7.03. The van der Waals surface area contributed by atoms with Crippen molar-refractivity contribution < 1.29 is 29.6 Å². The third-order valence-electron chi connectivity index (χ3n) is 3.51. The zero-order valence-corrected chi connectivity index (χ0v) is 16.4. The van der Waals surface area contributed by atoms with Gasteiger partial charge in [-0.15, -0.1) is 0 Å². The van der Waals surface area contributed by atoms with Gasteiger partial charge in [0.15, 0.2) is 6.10 Å². The van der Waals surface area contributed by atoms with Crippen molar-refractivity contribution in [3.63, 3.8) is 0 Å². The molecule has 0 bridgehead atoms. The number of esters is 1. The second-order valence-electron chi connectivity index (χ2n) is 5.79. The average Bonchev–Trinajstić information content (AvgIpc) is 2.68. The smallest absolute Gasteiger partial charge is 0.328 e. The van der Waals surface area contributed by atoms with Gasteiger partial charge in [0.1, 0.15) is 12.3 Å². The molecule has 0 heterocycles. The van der Waals surface area contributed by atoms with E-state index in [0.717, 1.165) is 0 Å². The standard InChI is InChI=1S/C21H22N2O6/c1-4-28-19(24)14-22-9-7-5-6-8-10-23-21(26)18(29-27)13-17-11-15(2)20(25)16(3)12-17/h5-6,11-12,18,25,27H,4,13-14H2,1-3H3/t18-/m1/s1. The first-order valence-electron chi connectivity index (χ1n) is 8.71. The van der Waals surface area contributed by atoms with Crippen LogP contribution in [0.2, 0.25) is 0 Å². The number of carbonyl (C=O) groups is 2. The Balaban J connectivity index is 2.73. The fourth-order valence-corrected chi connectivity index (χ4v) is 2.22. The molecule has 8 nitrogen and oxygen atoms in total. The fourth-order valence-electron chi connectivity index (χ4n) is 2.22. The number of hydrogen-bond acceptors (Lipinski definition) is 7. The van der Waals surface area contributed by atoms with E-state index < -0.39 is 18.0 Å². The summed E-state index contributed by atoms with van der Waals surface area (Å²) >= 11 is 0. The van der Waals surface area contributed by atoms with E-state index in [4.69, 9.17) is 5.26 Å². The zero-order valence-electron chi connectivity index (χ0n) is 16.4. The first kappa shape index (κ1) is 23.6.